The summed E-state index contributed by atoms with van der Waals surface area (Å²) in [5, 5.41) is 0. The van der Waals surface area contributed by atoms with Crippen LogP contribution in [0.5, 0.6) is 0 Å². The van der Waals surface area contributed by atoms with Crippen molar-refractivity contribution < 1.29 is 45.5 Å². The minimum absolute atomic E-state index is 0.0654. The highest BCUT2D eigenvalue weighted by Gasteiger charge is 2.54. The minimum atomic E-state index is -4.36. The molecule has 10 atom stereocenters. The molecule has 0 radical (unpaired) electrons. The maximum Gasteiger partial charge on any atom is 0.386 e. The number of nitrogens with zero attached hydrogens (tertiary/aromatic N) is 7. The van der Waals surface area contributed by atoms with Gasteiger partial charge in [0.15, 0.2) is 41.9 Å². The van der Waals surface area contributed by atoms with Crippen molar-refractivity contribution in [2.75, 3.05) is 24.7 Å². The van der Waals surface area contributed by atoms with E-state index in [9.17, 15) is 9.13 Å². The first-order valence-corrected chi connectivity index (χ1v) is 17.8. The SMILES string of the molecule is B[P@@]1(=O)OC[C@H]2OC(n3cnc4c(N)ccnc43)[C@H](F)[C@@H]2O[P@@](=O)(S)OC[C@H]2O[C@@H](n3cnc4c(N)ncnc43)[C@H](F)[C@@H]2O1. The van der Waals surface area contributed by atoms with Crippen LogP contribution in [0, 0.1) is 0 Å². The van der Waals surface area contributed by atoms with Crippen LogP contribution in [0.25, 0.3) is 22.3 Å². The van der Waals surface area contributed by atoms with Crippen LogP contribution in [-0.4, -0.2) is 91.6 Å². The van der Waals surface area contributed by atoms with E-state index in [-0.39, 0.29) is 22.6 Å². The molecule has 3 aliphatic rings. The molecule has 3 saturated heterocycles. The molecule has 0 bridgehead atoms. The summed E-state index contributed by atoms with van der Waals surface area (Å²) in [6, 6.07) is 1.53. The van der Waals surface area contributed by atoms with Gasteiger partial charge in [0.25, 0.3) is 15.0 Å². The maximum atomic E-state index is 16.0. The summed E-state index contributed by atoms with van der Waals surface area (Å²) in [5.74, 6) is 0.0654. The van der Waals surface area contributed by atoms with E-state index >= 15 is 8.78 Å². The summed E-state index contributed by atoms with van der Waals surface area (Å²) in [4.78, 5) is 20.4. The number of ether oxygens (including phenoxy) is 2. The molecule has 4 N–H and O–H groups in total. The summed E-state index contributed by atoms with van der Waals surface area (Å²) >= 11 is 4.02. The van der Waals surface area contributed by atoms with E-state index in [2.05, 4.69) is 37.2 Å². The van der Waals surface area contributed by atoms with Crippen molar-refractivity contribution in [3.8, 4) is 0 Å². The van der Waals surface area contributed by atoms with Crippen LogP contribution >= 0.6 is 26.5 Å². The van der Waals surface area contributed by atoms with E-state index < -0.39 is 76.7 Å². The molecule has 0 amide bonds. The third-order valence-corrected chi connectivity index (χ3v) is 10.3. The average molecular weight is 673 g/mol. The van der Waals surface area contributed by atoms with Gasteiger partial charge >= 0.3 is 6.80 Å². The van der Waals surface area contributed by atoms with E-state index in [0.717, 1.165) is 7.57 Å². The Morgan fingerprint density at radius 1 is 0.864 bits per heavy atom. The maximum absolute atomic E-state index is 16.0. The Hall–Kier alpha value is -2.74. The van der Waals surface area contributed by atoms with Crippen LogP contribution in [0.15, 0.2) is 31.2 Å². The quantitative estimate of drug-likeness (QED) is 0.156. The molecule has 0 aliphatic carbocycles. The van der Waals surface area contributed by atoms with Crippen LogP contribution in [0.4, 0.5) is 20.3 Å². The monoisotopic (exact) mass is 673 g/mol. The number of alkyl halides is 2. The third kappa shape index (κ3) is 5.19. The van der Waals surface area contributed by atoms with E-state index in [1.165, 1.54) is 40.4 Å². The molecule has 3 fully saturated rings. The Morgan fingerprint density at radius 2 is 1.45 bits per heavy atom. The number of thiol groups is 1. The molecule has 7 heterocycles. The zero-order valence-corrected chi connectivity index (χ0v) is 25.3. The van der Waals surface area contributed by atoms with Gasteiger partial charge in [0.2, 0.25) is 0 Å². The molecular formula is C21H24BF2N9O8P2S. The van der Waals surface area contributed by atoms with Gasteiger partial charge in [-0.1, -0.05) is 12.2 Å². The molecule has 23 heteroatoms. The number of halogens is 2. The Bertz CT molecular complexity index is 1710. The summed E-state index contributed by atoms with van der Waals surface area (Å²) in [6.07, 6.45) is -7.32. The van der Waals surface area contributed by atoms with Crippen molar-refractivity contribution in [1.29, 1.82) is 0 Å². The lowest BCUT2D eigenvalue weighted by Crippen LogP contribution is -2.37. The van der Waals surface area contributed by atoms with E-state index in [0.29, 0.717) is 11.2 Å². The van der Waals surface area contributed by atoms with Crippen LogP contribution < -0.4 is 11.5 Å². The summed E-state index contributed by atoms with van der Waals surface area (Å²) in [7, 11) is -2.95. The Balaban J connectivity index is 1.17. The predicted octanol–water partition coefficient (Wildman–Crippen LogP) is 1.50. The van der Waals surface area contributed by atoms with Crippen molar-refractivity contribution in [2.45, 2.75) is 49.2 Å². The number of hydrogen-bond acceptors (Lipinski definition) is 15. The lowest BCUT2D eigenvalue weighted by atomic mass is 10.1. The fourth-order valence-electron chi connectivity index (χ4n) is 5.36. The number of hydrogen-bond donors (Lipinski definition) is 3. The van der Waals surface area contributed by atoms with Gasteiger partial charge in [0.05, 0.1) is 31.6 Å². The number of aromatic nitrogens is 7. The highest BCUT2D eigenvalue weighted by atomic mass is 32.7. The first kappa shape index (κ1) is 29.9. The van der Waals surface area contributed by atoms with Crippen molar-refractivity contribution >= 4 is 67.9 Å². The highest BCUT2D eigenvalue weighted by molar-refractivity contribution is 8.44. The Morgan fingerprint density at radius 3 is 2.14 bits per heavy atom. The van der Waals surface area contributed by atoms with E-state index in [4.69, 9.17) is 39.0 Å². The zero-order chi connectivity index (χ0) is 31.0. The number of pyridine rings is 1. The second-order valence-electron chi connectivity index (χ2n) is 10.3. The fourth-order valence-corrected chi connectivity index (χ4v) is 8.02. The average Bonchev–Trinajstić information content (AvgIpc) is 3.73. The molecule has 1 unspecified atom stereocenters. The van der Waals surface area contributed by atoms with Crippen molar-refractivity contribution in [3.63, 3.8) is 0 Å². The number of anilines is 2. The fraction of sp³-hybridized carbons (Fsp3) is 0.476. The molecule has 7 rings (SSSR count). The summed E-state index contributed by atoms with van der Waals surface area (Å²) < 4.78 is 95.2. The molecule has 3 aliphatic heterocycles. The minimum Gasteiger partial charge on any atom is -0.397 e. The normalized spacial score (nSPS) is 38.2. The topological polar surface area (TPSA) is 216 Å². The first-order valence-electron chi connectivity index (χ1n) is 13.1. The predicted molar refractivity (Wildman–Crippen MR) is 154 cm³/mol. The highest BCUT2D eigenvalue weighted by Crippen LogP contribution is 2.58. The number of rotatable bonds is 2. The molecular weight excluding hydrogens is 649 g/mol. The largest absolute Gasteiger partial charge is 0.397 e. The molecule has 0 aromatic carbocycles. The third-order valence-electron chi connectivity index (χ3n) is 7.40. The van der Waals surface area contributed by atoms with Crippen molar-refractivity contribution in [2.24, 2.45) is 0 Å². The summed E-state index contributed by atoms with van der Waals surface area (Å²) in [5.41, 5.74) is 13.0. The van der Waals surface area contributed by atoms with Crippen molar-refractivity contribution in [1.82, 2.24) is 34.1 Å². The molecule has 234 valence electrons. The van der Waals surface area contributed by atoms with Gasteiger partial charge in [-0.3, -0.25) is 22.7 Å². The molecule has 4 aromatic heterocycles. The van der Waals surface area contributed by atoms with Crippen LogP contribution in [0.2, 0.25) is 0 Å². The molecule has 17 nitrogen and oxygen atoms in total. The van der Waals surface area contributed by atoms with Gasteiger partial charge in [-0.05, 0) is 6.07 Å². The van der Waals surface area contributed by atoms with Gasteiger partial charge in [0, 0.05) is 6.20 Å². The lowest BCUT2D eigenvalue weighted by molar-refractivity contribution is -0.0546. The van der Waals surface area contributed by atoms with E-state index in [1.807, 2.05) is 0 Å². The van der Waals surface area contributed by atoms with Crippen LogP contribution in [-0.2, 0) is 36.7 Å². The van der Waals surface area contributed by atoms with E-state index in [1.54, 1.807) is 0 Å². The summed E-state index contributed by atoms with van der Waals surface area (Å²) in [6.45, 7) is -5.53. The molecule has 4 aromatic rings. The van der Waals surface area contributed by atoms with Gasteiger partial charge in [-0.2, -0.15) is 0 Å². The van der Waals surface area contributed by atoms with Crippen LogP contribution in [0.1, 0.15) is 12.5 Å². The Labute approximate surface area is 252 Å². The number of nitrogens with two attached hydrogens (primary N) is 2. The zero-order valence-electron chi connectivity index (χ0n) is 22.6. The smallest absolute Gasteiger partial charge is 0.386 e. The number of nitrogen functional groups attached to an aromatic ring is 2. The van der Waals surface area contributed by atoms with Crippen LogP contribution in [0.3, 0.4) is 0 Å². The number of imidazole rings is 2. The van der Waals surface area contributed by atoms with Gasteiger partial charge in [-0.25, -0.2) is 38.3 Å². The van der Waals surface area contributed by atoms with Gasteiger partial charge < -0.3 is 30.0 Å². The van der Waals surface area contributed by atoms with Gasteiger partial charge in [0.1, 0.15) is 41.8 Å². The molecule has 0 spiro atoms. The van der Waals surface area contributed by atoms with Gasteiger partial charge in [-0.15, -0.1) is 0 Å². The second-order valence-corrected chi connectivity index (χ2v) is 15.2. The standard InChI is InChI=1S/C21H24BF2N9O8P2S/c22-42(34)36-3-9-16(12(24)21(38-9)32-6-30-13-8(25)1-2-27-18(13)32)41-43(35,44)37-4-10-15(40-42)11(23)20(39-10)33-7-31-14-17(26)28-5-29-19(14)33/h1-2,5-7,9-12,15-16,20-21H,3-4,22H2,(H2,25,27)(H,35,44)(H2,26,28,29)/t9-,10-,11-,12-,15-,16-,20-,21?,42-,43+/m1/s1. The molecule has 44 heavy (non-hydrogen) atoms. The number of fused-ring (bicyclic) bond motifs is 4. The second kappa shape index (κ2) is 11.0. The lowest BCUT2D eigenvalue weighted by Gasteiger charge is -2.29. The molecule has 0 saturated carbocycles. The first-order chi connectivity index (χ1) is 20.9. The Kier molecular flexibility index (Phi) is 7.46. The van der Waals surface area contributed by atoms with Crippen molar-refractivity contribution in [3.05, 3.63) is 31.2 Å².